The Labute approximate surface area is 94.1 Å². The van der Waals surface area contributed by atoms with Crippen LogP contribution in [0.15, 0.2) is 48.8 Å². The van der Waals surface area contributed by atoms with Crippen LogP contribution in [0.1, 0.15) is 10.4 Å². The van der Waals surface area contributed by atoms with Gasteiger partial charge in [0, 0.05) is 25.0 Å². The first kappa shape index (κ1) is 10.4. The maximum Gasteiger partial charge on any atom is 0.251 e. The van der Waals surface area contributed by atoms with Gasteiger partial charge in [-0.25, -0.2) is 0 Å². The largest absolute Gasteiger partial charge is 0.355 e. The molecule has 0 saturated heterocycles. The lowest BCUT2D eigenvalue weighted by Gasteiger charge is -2.04. The summed E-state index contributed by atoms with van der Waals surface area (Å²) in [6, 6.07) is 11.4. The van der Waals surface area contributed by atoms with Crippen LogP contribution in [0.5, 0.6) is 0 Å². The molecule has 1 aromatic carbocycles. The molecule has 1 aromatic heterocycles. The Morgan fingerprint density at radius 3 is 2.56 bits per heavy atom. The molecule has 0 aliphatic carbocycles. The van der Waals surface area contributed by atoms with E-state index in [1.54, 1.807) is 25.5 Å². The van der Waals surface area contributed by atoms with Gasteiger partial charge in [-0.2, -0.15) is 0 Å². The van der Waals surface area contributed by atoms with Crippen LogP contribution in [0, 0.1) is 0 Å². The molecule has 0 saturated carbocycles. The summed E-state index contributed by atoms with van der Waals surface area (Å²) in [5.74, 6) is -0.0732. The molecule has 2 rings (SSSR count). The van der Waals surface area contributed by atoms with E-state index < -0.39 is 0 Å². The fraction of sp³-hybridized carbons (Fsp3) is 0.0769. The number of carbonyl (C=O) groups excluding carboxylic acids is 1. The van der Waals surface area contributed by atoms with E-state index in [1.165, 1.54) is 0 Å². The number of hydrogen-bond donors (Lipinski definition) is 1. The Morgan fingerprint density at radius 2 is 1.88 bits per heavy atom. The third kappa shape index (κ3) is 2.08. The minimum Gasteiger partial charge on any atom is -0.355 e. The molecule has 80 valence electrons. The van der Waals surface area contributed by atoms with Gasteiger partial charge in [0.2, 0.25) is 0 Å². The molecule has 0 spiro atoms. The lowest BCUT2D eigenvalue weighted by Crippen LogP contribution is -2.17. The van der Waals surface area contributed by atoms with Gasteiger partial charge in [-0.15, -0.1) is 0 Å². The van der Waals surface area contributed by atoms with Gasteiger partial charge >= 0.3 is 0 Å². The van der Waals surface area contributed by atoms with Crippen molar-refractivity contribution in [2.75, 3.05) is 7.05 Å². The SMILES string of the molecule is CNC(=O)c1cccc(-c2ccncc2)c1. The molecular formula is C13H12N2O. The summed E-state index contributed by atoms with van der Waals surface area (Å²) in [5, 5.41) is 2.61. The van der Waals surface area contributed by atoms with Gasteiger partial charge in [-0.3, -0.25) is 9.78 Å². The van der Waals surface area contributed by atoms with Crippen molar-refractivity contribution in [2.24, 2.45) is 0 Å². The van der Waals surface area contributed by atoms with E-state index in [1.807, 2.05) is 30.3 Å². The highest BCUT2D eigenvalue weighted by Gasteiger charge is 2.04. The first-order valence-electron chi connectivity index (χ1n) is 5.04. The van der Waals surface area contributed by atoms with Crippen LogP contribution in [0.2, 0.25) is 0 Å². The van der Waals surface area contributed by atoms with Crippen molar-refractivity contribution in [1.29, 1.82) is 0 Å². The third-order valence-electron chi connectivity index (χ3n) is 2.37. The van der Waals surface area contributed by atoms with Crippen LogP contribution in [0.3, 0.4) is 0 Å². The van der Waals surface area contributed by atoms with E-state index in [0.29, 0.717) is 5.56 Å². The minimum absolute atomic E-state index is 0.0732. The van der Waals surface area contributed by atoms with Crippen molar-refractivity contribution in [1.82, 2.24) is 10.3 Å². The average molecular weight is 212 g/mol. The zero-order chi connectivity index (χ0) is 11.4. The van der Waals surface area contributed by atoms with Gasteiger partial charge in [0.1, 0.15) is 0 Å². The molecule has 0 radical (unpaired) electrons. The van der Waals surface area contributed by atoms with Gasteiger partial charge in [-0.1, -0.05) is 12.1 Å². The molecule has 0 aliphatic rings. The summed E-state index contributed by atoms with van der Waals surface area (Å²) in [6.07, 6.45) is 3.48. The highest BCUT2D eigenvalue weighted by molar-refractivity contribution is 5.95. The summed E-state index contributed by atoms with van der Waals surface area (Å²) in [5.41, 5.74) is 2.74. The van der Waals surface area contributed by atoms with Crippen LogP contribution in [-0.2, 0) is 0 Å². The van der Waals surface area contributed by atoms with Crippen molar-refractivity contribution in [3.05, 3.63) is 54.4 Å². The topological polar surface area (TPSA) is 42.0 Å². The molecule has 3 heteroatoms. The quantitative estimate of drug-likeness (QED) is 0.828. The second-order valence-corrected chi connectivity index (χ2v) is 3.40. The number of benzene rings is 1. The lowest BCUT2D eigenvalue weighted by atomic mass is 10.0. The fourth-order valence-corrected chi connectivity index (χ4v) is 1.53. The second-order valence-electron chi connectivity index (χ2n) is 3.40. The number of aromatic nitrogens is 1. The van der Waals surface area contributed by atoms with Crippen LogP contribution in [0.4, 0.5) is 0 Å². The van der Waals surface area contributed by atoms with E-state index in [4.69, 9.17) is 0 Å². The number of pyridine rings is 1. The monoisotopic (exact) mass is 212 g/mol. The van der Waals surface area contributed by atoms with Crippen molar-refractivity contribution < 1.29 is 4.79 Å². The zero-order valence-electron chi connectivity index (χ0n) is 8.97. The molecular weight excluding hydrogens is 200 g/mol. The molecule has 1 amide bonds. The Bertz CT molecular complexity index is 494. The summed E-state index contributed by atoms with van der Waals surface area (Å²) in [7, 11) is 1.63. The maximum absolute atomic E-state index is 11.5. The molecule has 0 atom stereocenters. The summed E-state index contributed by atoms with van der Waals surface area (Å²) < 4.78 is 0. The molecule has 0 bridgehead atoms. The summed E-state index contributed by atoms with van der Waals surface area (Å²) >= 11 is 0. The molecule has 3 nitrogen and oxygen atoms in total. The van der Waals surface area contributed by atoms with Crippen molar-refractivity contribution >= 4 is 5.91 Å². The van der Waals surface area contributed by atoms with Gasteiger partial charge in [0.05, 0.1) is 0 Å². The predicted molar refractivity (Wildman–Crippen MR) is 63.1 cm³/mol. The molecule has 16 heavy (non-hydrogen) atoms. The van der Waals surface area contributed by atoms with Crippen LogP contribution in [-0.4, -0.2) is 17.9 Å². The molecule has 0 aliphatic heterocycles. The Morgan fingerprint density at radius 1 is 1.12 bits per heavy atom. The normalized spacial score (nSPS) is 9.81. The number of rotatable bonds is 2. The molecule has 1 heterocycles. The smallest absolute Gasteiger partial charge is 0.251 e. The first-order valence-corrected chi connectivity index (χ1v) is 5.04. The van der Waals surface area contributed by atoms with Crippen LogP contribution in [0.25, 0.3) is 11.1 Å². The van der Waals surface area contributed by atoms with E-state index in [-0.39, 0.29) is 5.91 Å². The number of carbonyl (C=O) groups is 1. The van der Waals surface area contributed by atoms with Crippen LogP contribution < -0.4 is 5.32 Å². The Hall–Kier alpha value is -2.16. The van der Waals surface area contributed by atoms with Crippen molar-refractivity contribution in [3.63, 3.8) is 0 Å². The lowest BCUT2D eigenvalue weighted by molar-refractivity contribution is 0.0963. The predicted octanol–water partition coefficient (Wildman–Crippen LogP) is 2.11. The van der Waals surface area contributed by atoms with Gasteiger partial charge < -0.3 is 5.32 Å². The molecule has 0 unspecified atom stereocenters. The van der Waals surface area contributed by atoms with E-state index in [2.05, 4.69) is 10.3 Å². The van der Waals surface area contributed by atoms with E-state index in [0.717, 1.165) is 11.1 Å². The zero-order valence-corrected chi connectivity index (χ0v) is 8.97. The number of nitrogens with zero attached hydrogens (tertiary/aromatic N) is 1. The second kappa shape index (κ2) is 4.57. The van der Waals surface area contributed by atoms with Crippen molar-refractivity contribution in [2.45, 2.75) is 0 Å². The third-order valence-corrected chi connectivity index (χ3v) is 2.37. The fourth-order valence-electron chi connectivity index (χ4n) is 1.53. The number of amides is 1. The average Bonchev–Trinajstić information content (AvgIpc) is 2.39. The summed E-state index contributed by atoms with van der Waals surface area (Å²) in [6.45, 7) is 0. The number of hydrogen-bond acceptors (Lipinski definition) is 2. The van der Waals surface area contributed by atoms with E-state index >= 15 is 0 Å². The number of nitrogens with one attached hydrogen (secondary N) is 1. The van der Waals surface area contributed by atoms with Gasteiger partial charge in [0.15, 0.2) is 0 Å². The van der Waals surface area contributed by atoms with Gasteiger partial charge in [-0.05, 0) is 35.4 Å². The minimum atomic E-state index is -0.0732. The van der Waals surface area contributed by atoms with E-state index in [9.17, 15) is 4.79 Å². The highest BCUT2D eigenvalue weighted by Crippen LogP contribution is 2.19. The standard InChI is InChI=1S/C13H12N2O/c1-14-13(16)12-4-2-3-11(9-12)10-5-7-15-8-6-10/h2-9H,1H3,(H,14,16). The molecule has 2 aromatic rings. The highest BCUT2D eigenvalue weighted by atomic mass is 16.1. The molecule has 1 N–H and O–H groups in total. The van der Waals surface area contributed by atoms with Crippen molar-refractivity contribution in [3.8, 4) is 11.1 Å². The Balaban J connectivity index is 2.40. The first-order chi connectivity index (χ1) is 7.81. The van der Waals surface area contributed by atoms with Gasteiger partial charge in [0.25, 0.3) is 5.91 Å². The summed E-state index contributed by atoms with van der Waals surface area (Å²) in [4.78, 5) is 15.4. The molecule has 0 fully saturated rings. The van der Waals surface area contributed by atoms with Crippen LogP contribution >= 0.6 is 0 Å². The maximum atomic E-state index is 11.5. The Kier molecular flexibility index (Phi) is 2.96.